The number of nitrogens with zero attached hydrogens (tertiary/aromatic N) is 4. The minimum Gasteiger partial charge on any atom is -0.334 e. The van der Waals surface area contributed by atoms with Crippen LogP contribution in [0.5, 0.6) is 0 Å². The number of aromatic nitrogens is 2. The maximum absolute atomic E-state index is 9.04. The van der Waals surface area contributed by atoms with Crippen molar-refractivity contribution in [3.63, 3.8) is 0 Å². The molecular weight excluding hydrogens is 248 g/mol. The predicted molar refractivity (Wildman–Crippen MR) is 79.2 cm³/mol. The van der Waals surface area contributed by atoms with Gasteiger partial charge in [0.15, 0.2) is 0 Å². The van der Waals surface area contributed by atoms with Crippen LogP contribution in [-0.2, 0) is 6.54 Å². The summed E-state index contributed by atoms with van der Waals surface area (Å²) in [6, 6.07) is 14.2. The van der Waals surface area contributed by atoms with Gasteiger partial charge in [-0.05, 0) is 32.4 Å². The van der Waals surface area contributed by atoms with Gasteiger partial charge in [-0.2, -0.15) is 5.26 Å². The Labute approximate surface area is 119 Å². The molecule has 0 spiro atoms. The maximum Gasteiger partial charge on any atom is 0.227 e. The first-order valence-corrected chi connectivity index (χ1v) is 6.66. The quantitative estimate of drug-likeness (QED) is 0.853. The van der Waals surface area contributed by atoms with Crippen molar-refractivity contribution in [3.05, 3.63) is 53.3 Å². The lowest BCUT2D eigenvalue weighted by Gasteiger charge is -2.27. The highest BCUT2D eigenvalue weighted by Gasteiger charge is 2.15. The monoisotopic (exact) mass is 266 g/mol. The number of hydrogen-bond donors (Lipinski definition) is 0. The van der Waals surface area contributed by atoms with Crippen LogP contribution < -0.4 is 4.90 Å². The van der Waals surface area contributed by atoms with E-state index in [2.05, 4.69) is 46.9 Å². The largest absolute Gasteiger partial charge is 0.334 e. The lowest BCUT2D eigenvalue weighted by Crippen LogP contribution is -2.32. The number of anilines is 1. The average Bonchev–Trinajstić information content (AvgIpc) is 2.44. The number of hydrogen-bond acceptors (Lipinski definition) is 4. The minimum absolute atomic E-state index is 0.253. The zero-order valence-corrected chi connectivity index (χ0v) is 12.0. The van der Waals surface area contributed by atoms with Crippen LogP contribution in [0.4, 0.5) is 5.95 Å². The number of aryl methyl sites for hydroxylation is 1. The number of benzene rings is 1. The molecule has 4 heteroatoms. The molecule has 102 valence electrons. The van der Waals surface area contributed by atoms with Gasteiger partial charge < -0.3 is 4.90 Å². The predicted octanol–water partition coefficient (Wildman–Crippen LogP) is 3.07. The van der Waals surface area contributed by atoms with Gasteiger partial charge in [0.25, 0.3) is 0 Å². The van der Waals surface area contributed by atoms with Crippen LogP contribution in [-0.4, -0.2) is 16.0 Å². The molecule has 0 amide bonds. The van der Waals surface area contributed by atoms with Gasteiger partial charge in [0.2, 0.25) is 5.95 Å². The lowest BCUT2D eigenvalue weighted by molar-refractivity contribution is 0.658. The Kier molecular flexibility index (Phi) is 4.31. The Balaban J connectivity index is 2.34. The van der Waals surface area contributed by atoms with E-state index in [0.717, 1.165) is 12.2 Å². The Morgan fingerprint density at radius 2 is 1.90 bits per heavy atom. The van der Waals surface area contributed by atoms with E-state index in [9.17, 15) is 0 Å². The smallest absolute Gasteiger partial charge is 0.227 e. The van der Waals surface area contributed by atoms with Crippen LogP contribution in [0.25, 0.3) is 0 Å². The second-order valence-corrected chi connectivity index (χ2v) is 5.01. The molecule has 0 saturated carbocycles. The van der Waals surface area contributed by atoms with Gasteiger partial charge in [0, 0.05) is 18.3 Å². The second-order valence-electron chi connectivity index (χ2n) is 5.01. The van der Waals surface area contributed by atoms with E-state index in [0.29, 0.717) is 11.6 Å². The van der Waals surface area contributed by atoms with E-state index in [-0.39, 0.29) is 6.04 Å². The van der Waals surface area contributed by atoms with E-state index < -0.39 is 0 Å². The number of nitriles is 1. The van der Waals surface area contributed by atoms with Crippen LogP contribution in [0.1, 0.15) is 30.8 Å². The average molecular weight is 266 g/mol. The van der Waals surface area contributed by atoms with Crippen molar-refractivity contribution in [2.75, 3.05) is 4.90 Å². The molecule has 1 heterocycles. The van der Waals surface area contributed by atoms with Crippen molar-refractivity contribution in [1.82, 2.24) is 9.97 Å². The molecule has 0 fully saturated rings. The van der Waals surface area contributed by atoms with Gasteiger partial charge >= 0.3 is 0 Å². The van der Waals surface area contributed by atoms with Gasteiger partial charge in [-0.15, -0.1) is 0 Å². The molecule has 0 unspecified atom stereocenters. The standard InChI is InChI=1S/C16H18N4/c1-12(2)20(11-14-7-5-4-6-8-14)16-18-13(3)9-15(10-17)19-16/h4-9,12H,11H2,1-3H3. The van der Waals surface area contributed by atoms with E-state index in [1.807, 2.05) is 25.1 Å². The summed E-state index contributed by atoms with van der Waals surface area (Å²) >= 11 is 0. The fraction of sp³-hybridized carbons (Fsp3) is 0.312. The molecule has 2 rings (SSSR count). The zero-order valence-electron chi connectivity index (χ0n) is 12.0. The molecule has 0 aliphatic carbocycles. The van der Waals surface area contributed by atoms with E-state index in [1.165, 1.54) is 5.56 Å². The molecule has 2 aromatic rings. The molecule has 20 heavy (non-hydrogen) atoms. The first-order valence-electron chi connectivity index (χ1n) is 6.66. The fourth-order valence-corrected chi connectivity index (χ4v) is 2.00. The summed E-state index contributed by atoms with van der Waals surface area (Å²) in [5.74, 6) is 0.611. The third-order valence-corrected chi connectivity index (χ3v) is 3.03. The minimum atomic E-state index is 0.253. The summed E-state index contributed by atoms with van der Waals surface area (Å²) in [7, 11) is 0. The Bertz CT molecular complexity index is 614. The van der Waals surface area contributed by atoms with Crippen molar-refractivity contribution < 1.29 is 0 Å². The van der Waals surface area contributed by atoms with Crippen molar-refractivity contribution >= 4 is 5.95 Å². The van der Waals surface area contributed by atoms with Crippen LogP contribution in [0.2, 0.25) is 0 Å². The SMILES string of the molecule is Cc1cc(C#N)nc(N(Cc2ccccc2)C(C)C)n1. The molecule has 1 aromatic carbocycles. The van der Waals surface area contributed by atoms with Crippen LogP contribution in [0, 0.1) is 18.3 Å². The van der Waals surface area contributed by atoms with Crippen molar-refractivity contribution in [3.8, 4) is 6.07 Å². The topological polar surface area (TPSA) is 52.8 Å². The highest BCUT2D eigenvalue weighted by molar-refractivity contribution is 5.38. The second kappa shape index (κ2) is 6.16. The van der Waals surface area contributed by atoms with E-state index in [1.54, 1.807) is 6.07 Å². The summed E-state index contributed by atoms with van der Waals surface area (Å²) in [4.78, 5) is 10.9. The van der Waals surface area contributed by atoms with Gasteiger partial charge in [0.05, 0.1) is 0 Å². The van der Waals surface area contributed by atoms with Crippen molar-refractivity contribution in [2.24, 2.45) is 0 Å². The highest BCUT2D eigenvalue weighted by Crippen LogP contribution is 2.16. The van der Waals surface area contributed by atoms with E-state index >= 15 is 0 Å². The zero-order chi connectivity index (χ0) is 14.5. The Hall–Kier alpha value is -2.41. The maximum atomic E-state index is 9.04. The normalized spacial score (nSPS) is 10.3. The van der Waals surface area contributed by atoms with Crippen LogP contribution >= 0.6 is 0 Å². The Morgan fingerprint density at radius 1 is 1.20 bits per heavy atom. The summed E-state index contributed by atoms with van der Waals surface area (Å²) < 4.78 is 0. The summed E-state index contributed by atoms with van der Waals surface area (Å²) in [6.45, 7) is 6.81. The van der Waals surface area contributed by atoms with E-state index in [4.69, 9.17) is 5.26 Å². The molecular formula is C16H18N4. The summed E-state index contributed by atoms with van der Waals surface area (Å²) in [5.41, 5.74) is 2.42. The first-order chi connectivity index (χ1) is 9.60. The first kappa shape index (κ1) is 14.0. The molecule has 0 saturated heterocycles. The summed E-state index contributed by atoms with van der Waals surface area (Å²) in [5, 5.41) is 9.04. The fourth-order valence-electron chi connectivity index (χ4n) is 2.00. The molecule has 0 N–H and O–H groups in total. The molecule has 1 aromatic heterocycles. The number of rotatable bonds is 4. The molecule has 0 radical (unpaired) electrons. The van der Waals surface area contributed by atoms with Crippen LogP contribution in [0.15, 0.2) is 36.4 Å². The van der Waals surface area contributed by atoms with Gasteiger partial charge in [-0.3, -0.25) is 0 Å². The Morgan fingerprint density at radius 3 is 2.50 bits per heavy atom. The van der Waals surface area contributed by atoms with Gasteiger partial charge in [0.1, 0.15) is 11.8 Å². The molecule has 0 bridgehead atoms. The highest BCUT2D eigenvalue weighted by atomic mass is 15.3. The van der Waals surface area contributed by atoms with Gasteiger partial charge in [-0.25, -0.2) is 9.97 Å². The third-order valence-electron chi connectivity index (χ3n) is 3.03. The van der Waals surface area contributed by atoms with Crippen molar-refractivity contribution in [2.45, 2.75) is 33.4 Å². The summed E-state index contributed by atoms with van der Waals surface area (Å²) in [6.07, 6.45) is 0. The molecule has 0 atom stereocenters. The molecule has 0 aliphatic rings. The molecule has 0 aliphatic heterocycles. The molecule has 4 nitrogen and oxygen atoms in total. The third kappa shape index (κ3) is 3.33. The lowest BCUT2D eigenvalue weighted by atomic mass is 10.2. The van der Waals surface area contributed by atoms with Crippen LogP contribution in [0.3, 0.4) is 0 Å². The van der Waals surface area contributed by atoms with Gasteiger partial charge in [-0.1, -0.05) is 30.3 Å². The van der Waals surface area contributed by atoms with Crippen molar-refractivity contribution in [1.29, 1.82) is 5.26 Å².